The van der Waals surface area contributed by atoms with Crippen molar-refractivity contribution in [3.05, 3.63) is 34.4 Å². The van der Waals surface area contributed by atoms with Crippen molar-refractivity contribution < 1.29 is 4.74 Å². The third-order valence-corrected chi connectivity index (χ3v) is 5.04. The molecule has 20 heavy (non-hydrogen) atoms. The van der Waals surface area contributed by atoms with Crippen molar-refractivity contribution in [2.75, 3.05) is 6.61 Å². The first kappa shape index (κ1) is 14.1. The minimum Gasteiger partial charge on any atom is -0.376 e. The molecule has 1 aliphatic heterocycles. The summed E-state index contributed by atoms with van der Waals surface area (Å²) >= 11 is 0. The monoisotopic (exact) mass is 273 g/mol. The van der Waals surface area contributed by atoms with Gasteiger partial charge < -0.3 is 10.1 Å². The van der Waals surface area contributed by atoms with Crippen LogP contribution < -0.4 is 5.32 Å². The average Bonchev–Trinajstić information content (AvgIpc) is 3.14. The van der Waals surface area contributed by atoms with Crippen molar-refractivity contribution in [3.8, 4) is 0 Å². The number of hydrogen-bond donors (Lipinski definition) is 1. The van der Waals surface area contributed by atoms with E-state index in [1.54, 1.807) is 0 Å². The number of ether oxygens (including phenoxy) is 1. The Labute approximate surface area is 122 Å². The maximum Gasteiger partial charge on any atom is 0.0757 e. The lowest BCUT2D eigenvalue weighted by Gasteiger charge is -2.25. The van der Waals surface area contributed by atoms with Gasteiger partial charge in [-0.25, -0.2) is 0 Å². The highest BCUT2D eigenvalue weighted by molar-refractivity contribution is 5.38. The lowest BCUT2D eigenvalue weighted by atomic mass is 9.95. The molecule has 110 valence electrons. The van der Waals surface area contributed by atoms with Crippen molar-refractivity contribution in [3.63, 3.8) is 0 Å². The second-order valence-electron chi connectivity index (χ2n) is 6.75. The molecular weight excluding hydrogens is 246 g/mol. The Morgan fingerprint density at radius 3 is 2.45 bits per heavy atom. The second kappa shape index (κ2) is 5.50. The molecule has 2 fully saturated rings. The van der Waals surface area contributed by atoms with E-state index in [-0.39, 0.29) is 0 Å². The molecule has 0 radical (unpaired) electrons. The van der Waals surface area contributed by atoms with E-state index in [0.717, 1.165) is 18.9 Å². The Morgan fingerprint density at radius 1 is 1.05 bits per heavy atom. The van der Waals surface area contributed by atoms with Crippen molar-refractivity contribution in [2.45, 2.75) is 65.1 Å². The Balaban J connectivity index is 1.72. The highest BCUT2D eigenvalue weighted by Gasteiger charge is 2.40. The van der Waals surface area contributed by atoms with Gasteiger partial charge >= 0.3 is 0 Å². The largest absolute Gasteiger partial charge is 0.376 e. The van der Waals surface area contributed by atoms with Gasteiger partial charge in [-0.3, -0.25) is 0 Å². The topological polar surface area (TPSA) is 21.3 Å². The van der Waals surface area contributed by atoms with Gasteiger partial charge in [0.2, 0.25) is 0 Å². The third kappa shape index (κ3) is 2.77. The van der Waals surface area contributed by atoms with Crippen molar-refractivity contribution in [1.82, 2.24) is 5.32 Å². The Kier molecular flexibility index (Phi) is 3.87. The maximum absolute atomic E-state index is 5.94. The smallest absolute Gasteiger partial charge is 0.0757 e. The first-order valence-electron chi connectivity index (χ1n) is 8.01. The molecule has 3 rings (SSSR count). The fourth-order valence-corrected chi connectivity index (χ4v) is 3.54. The molecule has 1 aliphatic carbocycles. The summed E-state index contributed by atoms with van der Waals surface area (Å²) in [7, 11) is 0. The summed E-state index contributed by atoms with van der Waals surface area (Å²) in [5.41, 5.74) is 5.61. The molecule has 3 atom stereocenters. The van der Waals surface area contributed by atoms with Gasteiger partial charge in [-0.15, -0.1) is 0 Å². The van der Waals surface area contributed by atoms with Gasteiger partial charge in [0, 0.05) is 18.7 Å². The van der Waals surface area contributed by atoms with E-state index in [1.165, 1.54) is 35.1 Å². The van der Waals surface area contributed by atoms with Crippen molar-refractivity contribution in [2.24, 2.45) is 5.92 Å². The van der Waals surface area contributed by atoms with E-state index in [2.05, 4.69) is 45.1 Å². The molecule has 2 heteroatoms. The molecule has 2 nitrogen and oxygen atoms in total. The van der Waals surface area contributed by atoms with Crippen LogP contribution in [0.5, 0.6) is 0 Å². The molecule has 1 saturated heterocycles. The number of nitrogens with one attached hydrogen (secondary N) is 1. The third-order valence-electron chi connectivity index (χ3n) is 5.04. The van der Waals surface area contributed by atoms with Crippen LogP contribution in [0.4, 0.5) is 0 Å². The van der Waals surface area contributed by atoms with Crippen LogP contribution in [0.1, 0.15) is 54.5 Å². The van der Waals surface area contributed by atoms with E-state index >= 15 is 0 Å². The van der Waals surface area contributed by atoms with Gasteiger partial charge in [-0.05, 0) is 75.1 Å². The Morgan fingerprint density at radius 2 is 1.75 bits per heavy atom. The summed E-state index contributed by atoms with van der Waals surface area (Å²) in [6, 6.07) is 5.61. The number of benzene rings is 1. The Hall–Kier alpha value is -0.860. The predicted octanol–water partition coefficient (Wildman–Crippen LogP) is 3.83. The molecule has 1 saturated carbocycles. The lowest BCUT2D eigenvalue weighted by Crippen LogP contribution is -2.39. The summed E-state index contributed by atoms with van der Waals surface area (Å²) in [6.45, 7) is 9.84. The van der Waals surface area contributed by atoms with E-state index in [4.69, 9.17) is 4.74 Å². The van der Waals surface area contributed by atoms with Gasteiger partial charge in [0.1, 0.15) is 0 Å². The van der Waals surface area contributed by atoms with Crippen molar-refractivity contribution in [1.29, 1.82) is 0 Å². The summed E-state index contributed by atoms with van der Waals surface area (Å²) in [4.78, 5) is 0. The fourth-order valence-electron chi connectivity index (χ4n) is 3.54. The minimum absolute atomic E-state index is 0.405. The molecule has 1 aromatic carbocycles. The number of hydrogen-bond acceptors (Lipinski definition) is 2. The standard InChI is InChI=1S/C18H27NO/c1-11-9-13(3)16(10-12(11)2)14(4)19-17-7-8-20-18(17)15-5-6-15/h9-10,14-15,17-19H,5-8H2,1-4H3. The summed E-state index contributed by atoms with van der Waals surface area (Å²) in [5, 5.41) is 3.83. The second-order valence-corrected chi connectivity index (χ2v) is 6.75. The van der Waals surface area contributed by atoms with Gasteiger partial charge in [-0.1, -0.05) is 12.1 Å². The molecule has 0 aromatic heterocycles. The molecule has 1 N–H and O–H groups in total. The van der Waals surface area contributed by atoms with Crippen LogP contribution in [0.15, 0.2) is 12.1 Å². The average molecular weight is 273 g/mol. The zero-order valence-corrected chi connectivity index (χ0v) is 13.2. The maximum atomic E-state index is 5.94. The lowest BCUT2D eigenvalue weighted by molar-refractivity contribution is 0.0792. The summed E-state index contributed by atoms with van der Waals surface area (Å²) in [6.07, 6.45) is 4.35. The normalized spacial score (nSPS) is 27.8. The Bertz CT molecular complexity index is 492. The predicted molar refractivity (Wildman–Crippen MR) is 83.1 cm³/mol. The minimum atomic E-state index is 0.405. The highest BCUT2D eigenvalue weighted by atomic mass is 16.5. The van der Waals surface area contributed by atoms with Crippen LogP contribution in [0.3, 0.4) is 0 Å². The summed E-state index contributed by atoms with van der Waals surface area (Å²) in [5.74, 6) is 0.822. The van der Waals surface area contributed by atoms with Gasteiger partial charge in [-0.2, -0.15) is 0 Å². The zero-order chi connectivity index (χ0) is 14.3. The van der Waals surface area contributed by atoms with Crippen LogP contribution in [0, 0.1) is 26.7 Å². The van der Waals surface area contributed by atoms with E-state index in [9.17, 15) is 0 Å². The van der Waals surface area contributed by atoms with E-state index in [0.29, 0.717) is 18.2 Å². The first-order chi connectivity index (χ1) is 9.56. The summed E-state index contributed by atoms with van der Waals surface area (Å²) < 4.78 is 5.94. The molecule has 3 unspecified atom stereocenters. The quantitative estimate of drug-likeness (QED) is 0.900. The molecule has 0 bridgehead atoms. The highest BCUT2D eigenvalue weighted by Crippen LogP contribution is 2.39. The molecule has 0 spiro atoms. The van der Waals surface area contributed by atoms with Crippen LogP contribution >= 0.6 is 0 Å². The van der Waals surface area contributed by atoms with Crippen LogP contribution in [0.25, 0.3) is 0 Å². The van der Waals surface area contributed by atoms with Gasteiger partial charge in [0.15, 0.2) is 0 Å². The molecule has 1 aromatic rings. The van der Waals surface area contributed by atoms with Gasteiger partial charge in [0.25, 0.3) is 0 Å². The first-order valence-corrected chi connectivity index (χ1v) is 8.01. The van der Waals surface area contributed by atoms with Crippen molar-refractivity contribution >= 4 is 0 Å². The molecule has 2 aliphatic rings. The van der Waals surface area contributed by atoms with Crippen LogP contribution in [0.2, 0.25) is 0 Å². The fraction of sp³-hybridized carbons (Fsp3) is 0.667. The molecule has 1 heterocycles. The SMILES string of the molecule is Cc1cc(C)c(C(C)NC2CCOC2C2CC2)cc1C. The number of rotatable bonds is 4. The van der Waals surface area contributed by atoms with E-state index < -0.39 is 0 Å². The zero-order valence-electron chi connectivity index (χ0n) is 13.2. The molecule has 0 amide bonds. The van der Waals surface area contributed by atoms with E-state index in [1.807, 2.05) is 0 Å². The molecular formula is C18H27NO. The van der Waals surface area contributed by atoms with Crippen LogP contribution in [-0.2, 0) is 4.74 Å². The van der Waals surface area contributed by atoms with Crippen LogP contribution in [-0.4, -0.2) is 18.8 Å². The van der Waals surface area contributed by atoms with Gasteiger partial charge in [0.05, 0.1) is 6.10 Å². The number of aryl methyl sites for hydroxylation is 3.